The van der Waals surface area contributed by atoms with E-state index >= 15 is 0 Å². The summed E-state index contributed by atoms with van der Waals surface area (Å²) in [6.45, 7) is 0. The van der Waals surface area contributed by atoms with Gasteiger partial charge in [0.25, 0.3) is 5.91 Å². The molecule has 3 N–H and O–H groups in total. The molecular formula is C11H10BrFN4O. The predicted octanol–water partition coefficient (Wildman–Crippen LogP) is 2.16. The van der Waals surface area contributed by atoms with Crippen LogP contribution in [0, 0.1) is 5.82 Å². The van der Waals surface area contributed by atoms with Crippen molar-refractivity contribution in [2.75, 3.05) is 11.1 Å². The molecule has 1 amide bonds. The molecule has 2 rings (SSSR count). The molecule has 0 saturated heterocycles. The number of amides is 1. The first-order valence-corrected chi connectivity index (χ1v) is 5.82. The average Bonchev–Trinajstić information content (AvgIpc) is 2.62. The molecule has 94 valence electrons. The van der Waals surface area contributed by atoms with E-state index in [0.717, 1.165) is 0 Å². The Labute approximate surface area is 111 Å². The van der Waals surface area contributed by atoms with E-state index in [1.165, 1.54) is 23.0 Å². The summed E-state index contributed by atoms with van der Waals surface area (Å²) in [4.78, 5) is 11.8. The van der Waals surface area contributed by atoms with Crippen LogP contribution in [0.5, 0.6) is 0 Å². The van der Waals surface area contributed by atoms with Crippen molar-refractivity contribution in [1.29, 1.82) is 0 Å². The summed E-state index contributed by atoms with van der Waals surface area (Å²) < 4.78 is 15.5. The second-order valence-corrected chi connectivity index (χ2v) is 4.60. The van der Waals surface area contributed by atoms with Crippen molar-refractivity contribution < 1.29 is 9.18 Å². The van der Waals surface area contributed by atoms with E-state index in [0.29, 0.717) is 4.47 Å². The average molecular weight is 313 g/mol. The Kier molecular flexibility index (Phi) is 3.33. The molecule has 0 saturated carbocycles. The number of nitrogens with zero attached hydrogens (tertiary/aromatic N) is 2. The lowest BCUT2D eigenvalue weighted by molar-refractivity contribution is 0.102. The van der Waals surface area contributed by atoms with Crippen LogP contribution in [-0.2, 0) is 7.05 Å². The number of rotatable bonds is 2. The number of carbonyl (C=O) groups is 1. The van der Waals surface area contributed by atoms with Crippen LogP contribution in [-0.4, -0.2) is 15.7 Å². The van der Waals surface area contributed by atoms with Gasteiger partial charge in [-0.05, 0) is 18.2 Å². The molecule has 1 aromatic carbocycles. The third-order valence-electron chi connectivity index (χ3n) is 2.25. The number of nitrogens with two attached hydrogens (primary N) is 1. The molecule has 0 unspecified atom stereocenters. The zero-order valence-electron chi connectivity index (χ0n) is 9.45. The van der Waals surface area contributed by atoms with Crippen molar-refractivity contribution >= 4 is 33.2 Å². The molecule has 0 fully saturated rings. The van der Waals surface area contributed by atoms with Crippen LogP contribution >= 0.6 is 15.9 Å². The molecule has 0 aliphatic carbocycles. The lowest BCUT2D eigenvalue weighted by Crippen LogP contribution is -2.15. The molecule has 0 atom stereocenters. The van der Waals surface area contributed by atoms with Crippen LogP contribution < -0.4 is 11.1 Å². The Balaban J connectivity index is 2.24. The molecule has 1 heterocycles. The van der Waals surface area contributed by atoms with E-state index in [4.69, 9.17) is 5.73 Å². The van der Waals surface area contributed by atoms with E-state index < -0.39 is 11.7 Å². The number of hydrogen-bond acceptors (Lipinski definition) is 3. The quantitative estimate of drug-likeness (QED) is 0.892. The van der Waals surface area contributed by atoms with Crippen LogP contribution in [0.15, 0.2) is 28.9 Å². The highest BCUT2D eigenvalue weighted by atomic mass is 79.9. The van der Waals surface area contributed by atoms with E-state index in [2.05, 4.69) is 26.3 Å². The van der Waals surface area contributed by atoms with Crippen LogP contribution in [0.25, 0.3) is 0 Å². The maximum Gasteiger partial charge on any atom is 0.278 e. The Morgan fingerprint density at radius 3 is 2.83 bits per heavy atom. The Bertz CT molecular complexity index is 611. The molecule has 18 heavy (non-hydrogen) atoms. The summed E-state index contributed by atoms with van der Waals surface area (Å²) >= 11 is 3.13. The summed E-state index contributed by atoms with van der Waals surface area (Å²) in [7, 11) is 1.65. The predicted molar refractivity (Wildman–Crippen MR) is 69.7 cm³/mol. The highest BCUT2D eigenvalue weighted by Gasteiger charge is 2.15. The number of nitrogens with one attached hydrogen (secondary N) is 1. The largest absolute Gasteiger partial charge is 0.396 e. The maximum absolute atomic E-state index is 13.5. The number of nitrogen functional groups attached to an aromatic ring is 1. The molecule has 5 nitrogen and oxygen atoms in total. The molecule has 7 heteroatoms. The second kappa shape index (κ2) is 4.77. The topological polar surface area (TPSA) is 72.9 Å². The van der Waals surface area contributed by atoms with E-state index in [1.807, 2.05) is 0 Å². The summed E-state index contributed by atoms with van der Waals surface area (Å²) in [5.41, 5.74) is 6.00. The maximum atomic E-state index is 13.5. The van der Waals surface area contributed by atoms with Gasteiger partial charge in [0.1, 0.15) is 5.82 Å². The number of hydrogen-bond donors (Lipinski definition) is 2. The molecular weight excluding hydrogens is 303 g/mol. The number of halogens is 2. The van der Waals surface area contributed by atoms with Crippen LogP contribution in [0.3, 0.4) is 0 Å². The van der Waals surface area contributed by atoms with E-state index in [1.54, 1.807) is 13.1 Å². The van der Waals surface area contributed by atoms with Gasteiger partial charge in [0, 0.05) is 17.7 Å². The highest BCUT2D eigenvalue weighted by Crippen LogP contribution is 2.20. The van der Waals surface area contributed by atoms with Crippen molar-refractivity contribution in [3.8, 4) is 0 Å². The summed E-state index contributed by atoms with van der Waals surface area (Å²) in [6, 6.07) is 4.34. The first kappa shape index (κ1) is 12.6. The zero-order valence-corrected chi connectivity index (χ0v) is 11.0. The molecule has 0 aliphatic rings. The van der Waals surface area contributed by atoms with Gasteiger partial charge < -0.3 is 11.1 Å². The van der Waals surface area contributed by atoms with Crippen molar-refractivity contribution in [1.82, 2.24) is 9.78 Å². The molecule has 2 aromatic rings. The van der Waals surface area contributed by atoms with Crippen molar-refractivity contribution in [3.05, 3.63) is 40.4 Å². The number of aromatic nitrogens is 2. The Hall–Kier alpha value is -1.89. The molecule has 0 bridgehead atoms. The highest BCUT2D eigenvalue weighted by molar-refractivity contribution is 9.10. The number of benzene rings is 1. The summed E-state index contributed by atoms with van der Waals surface area (Å²) in [5.74, 6) is -1.08. The van der Waals surface area contributed by atoms with E-state index in [9.17, 15) is 9.18 Å². The molecule has 0 aliphatic heterocycles. The van der Waals surface area contributed by atoms with Gasteiger partial charge in [0.05, 0.1) is 11.4 Å². The fourth-order valence-corrected chi connectivity index (χ4v) is 1.79. The third-order valence-corrected chi connectivity index (χ3v) is 2.74. The minimum Gasteiger partial charge on any atom is -0.396 e. The molecule has 0 radical (unpaired) electrons. The van der Waals surface area contributed by atoms with Gasteiger partial charge in [-0.15, -0.1) is 0 Å². The van der Waals surface area contributed by atoms with Gasteiger partial charge >= 0.3 is 0 Å². The minimum absolute atomic E-state index is 0.0693. The van der Waals surface area contributed by atoms with Gasteiger partial charge in [-0.25, -0.2) is 4.39 Å². The molecule has 0 spiro atoms. The smallest absolute Gasteiger partial charge is 0.278 e. The van der Waals surface area contributed by atoms with E-state index in [-0.39, 0.29) is 17.1 Å². The number of anilines is 2. The monoisotopic (exact) mass is 312 g/mol. The first-order valence-electron chi connectivity index (χ1n) is 5.03. The van der Waals surface area contributed by atoms with Crippen LogP contribution in [0.4, 0.5) is 15.8 Å². The zero-order chi connectivity index (χ0) is 13.3. The van der Waals surface area contributed by atoms with Gasteiger partial charge in [-0.3, -0.25) is 9.48 Å². The fourth-order valence-electron chi connectivity index (χ4n) is 1.46. The van der Waals surface area contributed by atoms with Crippen molar-refractivity contribution in [3.63, 3.8) is 0 Å². The Morgan fingerprint density at radius 2 is 2.28 bits per heavy atom. The summed E-state index contributed by atoms with van der Waals surface area (Å²) in [6.07, 6.45) is 1.51. The van der Waals surface area contributed by atoms with Gasteiger partial charge in [-0.1, -0.05) is 15.9 Å². The normalized spacial score (nSPS) is 10.4. The fraction of sp³-hybridized carbons (Fsp3) is 0.0909. The lowest BCUT2D eigenvalue weighted by atomic mass is 10.3. The van der Waals surface area contributed by atoms with Crippen molar-refractivity contribution in [2.45, 2.75) is 0 Å². The summed E-state index contributed by atoms with van der Waals surface area (Å²) in [5, 5.41) is 6.32. The van der Waals surface area contributed by atoms with Gasteiger partial charge in [0.2, 0.25) is 0 Å². The first-order chi connectivity index (χ1) is 8.47. The lowest BCUT2D eigenvalue weighted by Gasteiger charge is -2.05. The van der Waals surface area contributed by atoms with Crippen LogP contribution in [0.1, 0.15) is 10.5 Å². The number of aryl methyl sites for hydroxylation is 1. The molecule has 1 aromatic heterocycles. The van der Waals surface area contributed by atoms with Gasteiger partial charge in [-0.2, -0.15) is 5.10 Å². The number of carbonyl (C=O) groups excluding carboxylic acids is 1. The SMILES string of the molecule is Cn1cc(N)c(C(=O)Nc2ccc(Br)cc2F)n1. The third kappa shape index (κ3) is 2.51. The second-order valence-electron chi connectivity index (χ2n) is 3.69. The van der Waals surface area contributed by atoms with Crippen LogP contribution in [0.2, 0.25) is 0 Å². The minimum atomic E-state index is -0.547. The Morgan fingerprint density at radius 1 is 1.56 bits per heavy atom. The standard InChI is InChI=1S/C11H10BrFN4O/c1-17-5-8(14)10(16-17)11(18)15-9-3-2-6(12)4-7(9)13/h2-5H,14H2,1H3,(H,15,18). The van der Waals surface area contributed by atoms with Crippen molar-refractivity contribution in [2.24, 2.45) is 7.05 Å². The van der Waals surface area contributed by atoms with Gasteiger partial charge in [0.15, 0.2) is 5.69 Å².